The largest absolute Gasteiger partial charge is 0.384 e. The molecule has 0 fully saturated rings. The van der Waals surface area contributed by atoms with Crippen LogP contribution in [0, 0.1) is 5.82 Å². The average molecular weight is 576 g/mol. The van der Waals surface area contributed by atoms with Crippen LogP contribution in [0.2, 0.25) is 0 Å². The van der Waals surface area contributed by atoms with Crippen LogP contribution in [0.5, 0.6) is 0 Å². The van der Waals surface area contributed by atoms with Gasteiger partial charge < -0.3 is 31.1 Å². The van der Waals surface area contributed by atoms with Gasteiger partial charge in [-0.15, -0.1) is 0 Å². The summed E-state index contributed by atoms with van der Waals surface area (Å²) in [5, 5.41) is 11.9. The van der Waals surface area contributed by atoms with E-state index in [2.05, 4.69) is 26.3 Å². The Labute approximate surface area is 246 Å². The first kappa shape index (κ1) is 31.8. The number of pyridine rings is 1. The van der Waals surface area contributed by atoms with Crippen LogP contribution in [0.15, 0.2) is 72.9 Å². The minimum Gasteiger partial charge on any atom is -0.384 e. The van der Waals surface area contributed by atoms with Crippen LogP contribution in [0.1, 0.15) is 30.6 Å². The monoisotopic (exact) mass is 575 g/mol. The van der Waals surface area contributed by atoms with E-state index in [4.69, 9.17) is 0 Å². The van der Waals surface area contributed by atoms with Crippen LogP contribution < -0.4 is 21.3 Å². The number of nitrogens with one attached hydrogen (secondary N) is 4. The molecule has 11 heteroatoms. The molecule has 0 spiro atoms. The van der Waals surface area contributed by atoms with Gasteiger partial charge in [-0.25, -0.2) is 9.37 Å². The Morgan fingerprint density at radius 3 is 2.36 bits per heavy atom. The lowest BCUT2D eigenvalue weighted by Crippen LogP contribution is -2.42. The maximum Gasteiger partial charge on any atom is 0.259 e. The van der Waals surface area contributed by atoms with Crippen molar-refractivity contribution in [1.29, 1.82) is 0 Å². The summed E-state index contributed by atoms with van der Waals surface area (Å²) in [7, 11) is 5.36. The van der Waals surface area contributed by atoms with Gasteiger partial charge >= 0.3 is 0 Å². The van der Waals surface area contributed by atoms with E-state index in [0.717, 1.165) is 6.42 Å². The molecule has 4 N–H and O–H groups in total. The molecular formula is C31H38FN7O3. The zero-order valence-electron chi connectivity index (χ0n) is 24.6. The maximum atomic E-state index is 13.6. The molecule has 1 unspecified atom stereocenters. The molecule has 1 atom stereocenters. The highest BCUT2D eigenvalue weighted by atomic mass is 19.1. The second-order valence-electron chi connectivity index (χ2n) is 9.99. The Morgan fingerprint density at radius 2 is 1.67 bits per heavy atom. The Balaban J connectivity index is 1.69. The van der Waals surface area contributed by atoms with E-state index < -0.39 is 11.9 Å². The van der Waals surface area contributed by atoms with Crippen molar-refractivity contribution in [3.8, 4) is 0 Å². The molecule has 3 amide bonds. The molecule has 0 radical (unpaired) electrons. The predicted octanol–water partition coefficient (Wildman–Crippen LogP) is 4.94. The zero-order chi connectivity index (χ0) is 30.6. The van der Waals surface area contributed by atoms with Crippen LogP contribution in [-0.4, -0.2) is 72.8 Å². The van der Waals surface area contributed by atoms with Crippen molar-refractivity contribution >= 4 is 46.3 Å². The Bertz CT molecular complexity index is 1430. The third kappa shape index (κ3) is 9.41. The lowest BCUT2D eigenvalue weighted by Gasteiger charge is -2.23. The number of hydrogen-bond acceptors (Lipinski definition) is 7. The smallest absolute Gasteiger partial charge is 0.259 e. The molecule has 10 nitrogen and oxygen atoms in total. The normalized spacial score (nSPS) is 11.7. The summed E-state index contributed by atoms with van der Waals surface area (Å²) in [4.78, 5) is 46.1. The number of anilines is 5. The first-order valence-electron chi connectivity index (χ1n) is 13.6. The quantitative estimate of drug-likeness (QED) is 0.213. The number of halogens is 1. The summed E-state index contributed by atoms with van der Waals surface area (Å²) in [5.74, 6) is -0.969. The maximum absolute atomic E-state index is 13.6. The van der Waals surface area contributed by atoms with Crippen molar-refractivity contribution in [1.82, 2.24) is 14.8 Å². The van der Waals surface area contributed by atoms with Gasteiger partial charge in [-0.3, -0.25) is 14.4 Å². The topological polar surface area (TPSA) is 119 Å². The van der Waals surface area contributed by atoms with Crippen LogP contribution in [0.25, 0.3) is 0 Å². The second-order valence-corrected chi connectivity index (χ2v) is 9.99. The van der Waals surface area contributed by atoms with Crippen molar-refractivity contribution < 1.29 is 18.8 Å². The van der Waals surface area contributed by atoms with E-state index in [1.54, 1.807) is 62.5 Å². The Morgan fingerprint density at radius 1 is 0.976 bits per heavy atom. The van der Waals surface area contributed by atoms with Gasteiger partial charge in [-0.1, -0.05) is 25.1 Å². The second kappa shape index (κ2) is 15.3. The van der Waals surface area contributed by atoms with Crippen molar-refractivity contribution in [3.63, 3.8) is 0 Å². The molecule has 3 rings (SSSR count). The molecule has 42 heavy (non-hydrogen) atoms. The summed E-state index contributed by atoms with van der Waals surface area (Å²) in [6.45, 7) is 4.89. The first-order valence-corrected chi connectivity index (χ1v) is 13.6. The number of amides is 3. The summed E-state index contributed by atoms with van der Waals surface area (Å²) in [6.07, 6.45) is 5.47. The molecule has 0 saturated heterocycles. The van der Waals surface area contributed by atoms with Crippen LogP contribution in [0.4, 0.5) is 33.0 Å². The first-order chi connectivity index (χ1) is 20.1. The van der Waals surface area contributed by atoms with E-state index >= 15 is 0 Å². The zero-order valence-corrected chi connectivity index (χ0v) is 24.6. The van der Waals surface area contributed by atoms with Crippen molar-refractivity contribution in [2.75, 3.05) is 55.5 Å². The lowest BCUT2D eigenvalue weighted by molar-refractivity contribution is -0.132. The van der Waals surface area contributed by atoms with Gasteiger partial charge in [-0.05, 0) is 63.8 Å². The Kier molecular flexibility index (Phi) is 11.6. The molecule has 0 aliphatic rings. The predicted molar refractivity (Wildman–Crippen MR) is 166 cm³/mol. The molecule has 222 valence electrons. The summed E-state index contributed by atoms with van der Waals surface area (Å²) < 4.78 is 13.6. The fourth-order valence-electron chi connectivity index (χ4n) is 3.79. The number of aromatic nitrogens is 1. The van der Waals surface area contributed by atoms with Gasteiger partial charge in [0.2, 0.25) is 11.8 Å². The highest BCUT2D eigenvalue weighted by Gasteiger charge is 2.21. The molecule has 1 aromatic heterocycles. The molecule has 0 bridgehead atoms. The molecule has 1 heterocycles. The van der Waals surface area contributed by atoms with Gasteiger partial charge in [0.25, 0.3) is 5.91 Å². The van der Waals surface area contributed by atoms with E-state index in [1.165, 1.54) is 29.3 Å². The van der Waals surface area contributed by atoms with E-state index in [0.29, 0.717) is 47.2 Å². The van der Waals surface area contributed by atoms with Crippen molar-refractivity contribution in [2.24, 2.45) is 0 Å². The standard InChI is InChI=1S/C31H38FN7O3/c1-6-15-33-27-19-28(35-23-11-7-10-22(32)17-23)34-20-26(27)31(42)37-25-13-8-12-24(18-25)36-30(41)21(2)39(5)29(40)14-9-16-38(3)4/h7-14,17-21H,6,15-16H2,1-5H3,(H,36,41)(H,37,42)(H2,33,34,35). The molecule has 2 aromatic carbocycles. The number of carbonyl (C=O) groups is 3. The van der Waals surface area contributed by atoms with Crippen molar-refractivity contribution in [3.05, 3.63) is 84.3 Å². The highest BCUT2D eigenvalue weighted by Crippen LogP contribution is 2.24. The Hall–Kier alpha value is -4.77. The molecular weight excluding hydrogens is 537 g/mol. The number of carbonyl (C=O) groups excluding carboxylic acids is 3. The minimum atomic E-state index is -0.725. The minimum absolute atomic E-state index is 0.279. The summed E-state index contributed by atoms with van der Waals surface area (Å²) >= 11 is 0. The lowest BCUT2D eigenvalue weighted by atomic mass is 10.2. The highest BCUT2D eigenvalue weighted by molar-refractivity contribution is 6.08. The van der Waals surface area contributed by atoms with E-state index in [9.17, 15) is 18.8 Å². The average Bonchev–Trinajstić information content (AvgIpc) is 2.95. The van der Waals surface area contributed by atoms with E-state index in [1.807, 2.05) is 25.9 Å². The fraction of sp³-hybridized carbons (Fsp3) is 0.290. The van der Waals surface area contributed by atoms with Crippen LogP contribution in [-0.2, 0) is 9.59 Å². The van der Waals surface area contributed by atoms with Crippen LogP contribution in [0.3, 0.4) is 0 Å². The SMILES string of the molecule is CCCNc1cc(Nc2cccc(F)c2)ncc1C(=O)Nc1cccc(NC(=O)C(C)N(C)C(=O)C=CCN(C)C)c1. The summed E-state index contributed by atoms with van der Waals surface area (Å²) in [5.41, 5.74) is 2.34. The molecule has 0 aliphatic carbocycles. The molecule has 3 aromatic rings. The molecule has 0 saturated carbocycles. The third-order valence-corrected chi connectivity index (χ3v) is 6.24. The van der Waals surface area contributed by atoms with Crippen molar-refractivity contribution in [2.45, 2.75) is 26.3 Å². The van der Waals surface area contributed by atoms with E-state index in [-0.39, 0.29) is 17.6 Å². The number of benzene rings is 2. The summed E-state index contributed by atoms with van der Waals surface area (Å²) in [6, 6.07) is 13.7. The van der Waals surface area contributed by atoms with Gasteiger partial charge in [-0.2, -0.15) is 0 Å². The van der Waals surface area contributed by atoms with Crippen LogP contribution >= 0.6 is 0 Å². The van der Waals surface area contributed by atoms with Gasteiger partial charge in [0.05, 0.1) is 11.3 Å². The number of likely N-dealkylation sites (N-methyl/N-ethyl adjacent to an activating group) is 2. The fourth-order valence-corrected chi connectivity index (χ4v) is 3.79. The van der Waals surface area contributed by atoms with Gasteiger partial charge in [0.15, 0.2) is 0 Å². The van der Waals surface area contributed by atoms with Gasteiger partial charge in [0.1, 0.15) is 17.7 Å². The number of rotatable bonds is 13. The number of hydrogen-bond donors (Lipinski definition) is 4. The van der Waals surface area contributed by atoms with Gasteiger partial charge in [0, 0.05) is 55.5 Å². The number of nitrogens with zero attached hydrogens (tertiary/aromatic N) is 3. The third-order valence-electron chi connectivity index (χ3n) is 6.24. The molecule has 0 aliphatic heterocycles.